The molecule has 120 valence electrons. The molecule has 3 rings (SSSR count). The SMILES string of the molecule is Cc1ccc(Cl)c(OCCNC(=O)c2ccc3c(c2)OCO3)c1. The van der Waals surface area contributed by atoms with Gasteiger partial charge in [0.05, 0.1) is 11.6 Å². The second kappa shape index (κ2) is 6.79. The van der Waals surface area contributed by atoms with Gasteiger partial charge >= 0.3 is 0 Å². The van der Waals surface area contributed by atoms with Crippen LogP contribution in [0.3, 0.4) is 0 Å². The Kier molecular flexibility index (Phi) is 4.57. The maximum Gasteiger partial charge on any atom is 0.251 e. The van der Waals surface area contributed by atoms with Gasteiger partial charge in [0.2, 0.25) is 6.79 Å². The van der Waals surface area contributed by atoms with Gasteiger partial charge in [-0.15, -0.1) is 0 Å². The summed E-state index contributed by atoms with van der Waals surface area (Å²) in [5, 5.41) is 3.34. The number of benzene rings is 2. The van der Waals surface area contributed by atoms with E-state index in [1.807, 2.05) is 19.1 Å². The normalized spacial score (nSPS) is 12.1. The van der Waals surface area contributed by atoms with E-state index in [-0.39, 0.29) is 12.7 Å². The minimum absolute atomic E-state index is 0.186. The van der Waals surface area contributed by atoms with Gasteiger partial charge in [-0.05, 0) is 42.8 Å². The Hall–Kier alpha value is -2.40. The number of nitrogens with one attached hydrogen (secondary N) is 1. The zero-order chi connectivity index (χ0) is 16.2. The molecule has 1 aliphatic heterocycles. The molecule has 0 fully saturated rings. The number of hydrogen-bond donors (Lipinski definition) is 1. The van der Waals surface area contributed by atoms with Crippen molar-refractivity contribution in [1.82, 2.24) is 5.32 Å². The van der Waals surface area contributed by atoms with Crippen molar-refractivity contribution in [2.75, 3.05) is 19.9 Å². The standard InChI is InChI=1S/C17H16ClNO4/c1-11-2-4-13(18)15(8-11)21-7-6-19-17(20)12-3-5-14-16(9-12)23-10-22-14/h2-5,8-9H,6-7,10H2,1H3,(H,19,20). The number of hydrogen-bond acceptors (Lipinski definition) is 4. The molecule has 1 N–H and O–H groups in total. The predicted molar refractivity (Wildman–Crippen MR) is 86.6 cm³/mol. The molecule has 0 saturated carbocycles. The molecule has 1 aliphatic rings. The van der Waals surface area contributed by atoms with E-state index in [0.29, 0.717) is 41.0 Å². The number of rotatable bonds is 5. The molecular weight excluding hydrogens is 318 g/mol. The van der Waals surface area contributed by atoms with E-state index in [0.717, 1.165) is 5.56 Å². The molecule has 2 aromatic carbocycles. The third kappa shape index (κ3) is 3.68. The van der Waals surface area contributed by atoms with Crippen molar-refractivity contribution in [3.05, 3.63) is 52.5 Å². The summed E-state index contributed by atoms with van der Waals surface area (Å²) in [7, 11) is 0. The highest BCUT2D eigenvalue weighted by Gasteiger charge is 2.15. The highest BCUT2D eigenvalue weighted by Crippen LogP contribution is 2.32. The Balaban J connectivity index is 1.50. The first-order valence-electron chi connectivity index (χ1n) is 7.20. The molecule has 0 unspecified atom stereocenters. The Morgan fingerprint density at radius 1 is 1.22 bits per heavy atom. The number of carbonyl (C=O) groups is 1. The molecule has 2 aromatic rings. The van der Waals surface area contributed by atoms with Gasteiger partial charge in [-0.2, -0.15) is 0 Å². The number of aryl methyl sites for hydroxylation is 1. The summed E-state index contributed by atoms with van der Waals surface area (Å²) < 4.78 is 16.1. The Labute approximate surface area is 139 Å². The highest BCUT2D eigenvalue weighted by atomic mass is 35.5. The van der Waals surface area contributed by atoms with Crippen LogP contribution in [0, 0.1) is 6.92 Å². The van der Waals surface area contributed by atoms with Gasteiger partial charge in [0, 0.05) is 5.56 Å². The maximum atomic E-state index is 12.1. The molecule has 0 atom stereocenters. The van der Waals surface area contributed by atoms with Crippen LogP contribution in [0.5, 0.6) is 17.2 Å². The van der Waals surface area contributed by atoms with E-state index in [1.54, 1.807) is 24.3 Å². The van der Waals surface area contributed by atoms with Crippen LogP contribution in [-0.2, 0) is 0 Å². The molecule has 0 aromatic heterocycles. The summed E-state index contributed by atoms with van der Waals surface area (Å²) in [5.41, 5.74) is 1.58. The minimum Gasteiger partial charge on any atom is -0.490 e. The van der Waals surface area contributed by atoms with Crippen LogP contribution in [-0.4, -0.2) is 25.9 Å². The lowest BCUT2D eigenvalue weighted by Gasteiger charge is -2.10. The van der Waals surface area contributed by atoms with Crippen molar-refractivity contribution in [2.24, 2.45) is 0 Å². The Morgan fingerprint density at radius 2 is 2.04 bits per heavy atom. The molecule has 0 bridgehead atoms. The van der Waals surface area contributed by atoms with Crippen molar-refractivity contribution in [2.45, 2.75) is 6.92 Å². The molecule has 6 heteroatoms. The molecule has 1 heterocycles. The molecule has 23 heavy (non-hydrogen) atoms. The van der Waals surface area contributed by atoms with E-state index >= 15 is 0 Å². The second-order valence-electron chi connectivity index (χ2n) is 5.11. The molecule has 1 amide bonds. The summed E-state index contributed by atoms with van der Waals surface area (Å²) in [6.45, 7) is 2.85. The van der Waals surface area contributed by atoms with Crippen LogP contribution in [0.15, 0.2) is 36.4 Å². The number of fused-ring (bicyclic) bond motifs is 1. The molecule has 0 aliphatic carbocycles. The van der Waals surface area contributed by atoms with Gasteiger partial charge in [-0.3, -0.25) is 4.79 Å². The third-order valence-corrected chi connectivity index (χ3v) is 3.68. The average Bonchev–Trinajstić information content (AvgIpc) is 3.02. The van der Waals surface area contributed by atoms with Gasteiger partial charge in [0.25, 0.3) is 5.91 Å². The zero-order valence-electron chi connectivity index (χ0n) is 12.6. The largest absolute Gasteiger partial charge is 0.490 e. The predicted octanol–water partition coefficient (Wildman–Crippen LogP) is 3.19. The van der Waals surface area contributed by atoms with Crippen molar-refractivity contribution in [3.8, 4) is 17.2 Å². The summed E-state index contributed by atoms with van der Waals surface area (Å²) in [5.74, 6) is 1.66. The van der Waals surface area contributed by atoms with Crippen LogP contribution in [0.25, 0.3) is 0 Å². The first-order chi connectivity index (χ1) is 11.1. The van der Waals surface area contributed by atoms with Crippen LogP contribution >= 0.6 is 11.6 Å². The van der Waals surface area contributed by atoms with Gasteiger partial charge < -0.3 is 19.5 Å². The number of carbonyl (C=O) groups excluding carboxylic acids is 1. The van der Waals surface area contributed by atoms with Gasteiger partial charge in [0.1, 0.15) is 12.4 Å². The third-order valence-electron chi connectivity index (χ3n) is 3.37. The summed E-state index contributed by atoms with van der Waals surface area (Å²) in [4.78, 5) is 12.1. The fraction of sp³-hybridized carbons (Fsp3) is 0.235. The van der Waals surface area contributed by atoms with E-state index in [9.17, 15) is 4.79 Å². The summed E-state index contributed by atoms with van der Waals surface area (Å²) >= 11 is 6.05. The smallest absolute Gasteiger partial charge is 0.251 e. The molecule has 0 saturated heterocycles. The van der Waals surface area contributed by atoms with E-state index < -0.39 is 0 Å². The lowest BCUT2D eigenvalue weighted by Crippen LogP contribution is -2.28. The lowest BCUT2D eigenvalue weighted by atomic mass is 10.2. The monoisotopic (exact) mass is 333 g/mol. The van der Waals surface area contributed by atoms with Crippen molar-refractivity contribution < 1.29 is 19.0 Å². The molecule has 0 spiro atoms. The van der Waals surface area contributed by atoms with Crippen molar-refractivity contribution in [3.63, 3.8) is 0 Å². The molecule has 0 radical (unpaired) electrons. The van der Waals surface area contributed by atoms with E-state index in [1.165, 1.54) is 0 Å². The molecule has 5 nitrogen and oxygen atoms in total. The number of ether oxygens (including phenoxy) is 3. The first-order valence-corrected chi connectivity index (χ1v) is 7.58. The highest BCUT2D eigenvalue weighted by molar-refractivity contribution is 6.32. The van der Waals surface area contributed by atoms with Gasteiger partial charge in [0.15, 0.2) is 11.5 Å². The zero-order valence-corrected chi connectivity index (χ0v) is 13.4. The fourth-order valence-electron chi connectivity index (χ4n) is 2.19. The van der Waals surface area contributed by atoms with Crippen LogP contribution in [0.2, 0.25) is 5.02 Å². The fourth-order valence-corrected chi connectivity index (χ4v) is 2.36. The number of amides is 1. The van der Waals surface area contributed by atoms with Crippen molar-refractivity contribution >= 4 is 17.5 Å². The van der Waals surface area contributed by atoms with Crippen LogP contribution < -0.4 is 19.5 Å². The first kappa shape index (κ1) is 15.5. The quantitative estimate of drug-likeness (QED) is 0.854. The molecular formula is C17H16ClNO4. The topological polar surface area (TPSA) is 56.8 Å². The Morgan fingerprint density at radius 3 is 2.91 bits per heavy atom. The van der Waals surface area contributed by atoms with Crippen molar-refractivity contribution in [1.29, 1.82) is 0 Å². The lowest BCUT2D eigenvalue weighted by molar-refractivity contribution is 0.0946. The summed E-state index contributed by atoms with van der Waals surface area (Å²) in [6, 6.07) is 10.6. The average molecular weight is 334 g/mol. The van der Waals surface area contributed by atoms with E-state index in [2.05, 4.69) is 5.32 Å². The van der Waals surface area contributed by atoms with Crippen LogP contribution in [0.4, 0.5) is 0 Å². The second-order valence-corrected chi connectivity index (χ2v) is 5.51. The Bertz CT molecular complexity index is 733. The van der Waals surface area contributed by atoms with Gasteiger partial charge in [-0.25, -0.2) is 0 Å². The van der Waals surface area contributed by atoms with Gasteiger partial charge in [-0.1, -0.05) is 17.7 Å². The maximum absolute atomic E-state index is 12.1. The summed E-state index contributed by atoms with van der Waals surface area (Å²) in [6.07, 6.45) is 0. The van der Waals surface area contributed by atoms with Crippen LogP contribution in [0.1, 0.15) is 15.9 Å². The minimum atomic E-state index is -0.192. The van der Waals surface area contributed by atoms with E-state index in [4.69, 9.17) is 25.8 Å². The number of halogens is 1.